The standard InChI is InChI=1S/C26H26N4O8/c1-16(32)29-13-19(28-25(37)24(36)17-7-3-2-4-8-17)26(38)30(21-10-6-5-9-20(21)29)14-22(33)27-18(15-31)11-12-23(34)35/h2-10,15,18-19H,11-14H2,1H3,(H,27,33)(H,28,37)(H,34,35)/t18-,19-/m0/s1. The van der Waals surface area contributed by atoms with Gasteiger partial charge in [0, 0.05) is 18.9 Å². The number of hydrogen-bond acceptors (Lipinski definition) is 7. The number of carbonyl (C=O) groups is 7. The van der Waals surface area contributed by atoms with E-state index in [4.69, 9.17) is 5.11 Å². The highest BCUT2D eigenvalue weighted by Gasteiger charge is 2.37. The second kappa shape index (κ2) is 12.4. The molecule has 1 aliphatic rings. The SMILES string of the molecule is CC(=O)N1C[C@H](NC(=O)C(=O)c2ccccc2)C(=O)N(CC(=O)N[C@H](C=O)CCC(=O)O)c2ccccc21. The Bertz CT molecular complexity index is 1260. The molecule has 198 valence electrons. The van der Waals surface area contributed by atoms with E-state index in [2.05, 4.69) is 10.6 Å². The summed E-state index contributed by atoms with van der Waals surface area (Å²) in [6.07, 6.45) is -0.103. The Hall–Kier alpha value is -4.87. The molecule has 2 aromatic rings. The molecule has 0 bridgehead atoms. The Morgan fingerprint density at radius 2 is 1.66 bits per heavy atom. The highest BCUT2D eigenvalue weighted by molar-refractivity contribution is 6.43. The first-order valence-electron chi connectivity index (χ1n) is 11.7. The van der Waals surface area contributed by atoms with Gasteiger partial charge >= 0.3 is 5.97 Å². The van der Waals surface area contributed by atoms with Crippen molar-refractivity contribution < 1.29 is 38.7 Å². The molecule has 0 aromatic heterocycles. The van der Waals surface area contributed by atoms with Crippen LogP contribution in [0, 0.1) is 0 Å². The van der Waals surface area contributed by atoms with Gasteiger partial charge in [-0.25, -0.2) is 0 Å². The zero-order valence-electron chi connectivity index (χ0n) is 20.5. The number of anilines is 2. The molecule has 2 aromatic carbocycles. The topological polar surface area (TPSA) is 170 Å². The number of carboxylic acid groups (broad SMARTS) is 1. The van der Waals surface area contributed by atoms with Crippen LogP contribution in [0.5, 0.6) is 0 Å². The molecule has 3 rings (SSSR count). The summed E-state index contributed by atoms with van der Waals surface area (Å²) >= 11 is 0. The first-order chi connectivity index (χ1) is 18.1. The molecule has 0 fully saturated rings. The lowest BCUT2D eigenvalue weighted by Crippen LogP contribution is -2.55. The molecule has 0 saturated heterocycles. The Morgan fingerprint density at radius 3 is 2.26 bits per heavy atom. The molecule has 0 saturated carbocycles. The number of para-hydroxylation sites is 2. The molecule has 2 atom stereocenters. The van der Waals surface area contributed by atoms with Crippen LogP contribution in [0.25, 0.3) is 0 Å². The Morgan fingerprint density at radius 1 is 1.03 bits per heavy atom. The van der Waals surface area contributed by atoms with Crippen molar-refractivity contribution in [2.45, 2.75) is 31.8 Å². The van der Waals surface area contributed by atoms with Crippen LogP contribution in [-0.2, 0) is 28.8 Å². The average molecular weight is 523 g/mol. The number of aliphatic carboxylic acids is 1. The lowest BCUT2D eigenvalue weighted by atomic mass is 10.1. The number of aldehydes is 1. The number of rotatable bonds is 10. The summed E-state index contributed by atoms with van der Waals surface area (Å²) in [4.78, 5) is 88.7. The van der Waals surface area contributed by atoms with Crippen LogP contribution in [0.15, 0.2) is 54.6 Å². The Labute approximate surface area is 217 Å². The molecule has 1 aliphatic heterocycles. The fourth-order valence-corrected chi connectivity index (χ4v) is 3.95. The normalized spacial score (nSPS) is 15.5. The second-order valence-electron chi connectivity index (χ2n) is 8.51. The van der Waals surface area contributed by atoms with E-state index >= 15 is 0 Å². The van der Waals surface area contributed by atoms with E-state index in [1.165, 1.54) is 30.0 Å². The van der Waals surface area contributed by atoms with Crippen molar-refractivity contribution in [2.75, 3.05) is 22.9 Å². The number of carbonyl (C=O) groups excluding carboxylic acids is 6. The van der Waals surface area contributed by atoms with E-state index in [0.717, 1.165) is 4.90 Å². The average Bonchev–Trinajstić information content (AvgIpc) is 3.01. The molecule has 4 amide bonds. The minimum absolute atomic E-state index is 0.107. The van der Waals surface area contributed by atoms with Gasteiger partial charge in [0.25, 0.3) is 11.8 Å². The van der Waals surface area contributed by atoms with E-state index in [1.54, 1.807) is 36.4 Å². The van der Waals surface area contributed by atoms with E-state index in [0.29, 0.717) is 12.0 Å². The van der Waals surface area contributed by atoms with Gasteiger partial charge in [0.15, 0.2) is 0 Å². The summed E-state index contributed by atoms with van der Waals surface area (Å²) in [5.74, 6) is -5.07. The van der Waals surface area contributed by atoms with Gasteiger partial charge in [-0.2, -0.15) is 0 Å². The fraction of sp³-hybridized carbons (Fsp3) is 0.269. The van der Waals surface area contributed by atoms with E-state index in [9.17, 15) is 33.6 Å². The number of amides is 4. The summed E-state index contributed by atoms with van der Waals surface area (Å²) in [6, 6.07) is 11.5. The van der Waals surface area contributed by atoms with Crippen LogP contribution in [0.1, 0.15) is 30.1 Å². The van der Waals surface area contributed by atoms with Gasteiger partial charge < -0.3 is 25.4 Å². The molecule has 1 heterocycles. The van der Waals surface area contributed by atoms with Crippen LogP contribution in [-0.4, -0.2) is 71.9 Å². The van der Waals surface area contributed by atoms with Crippen molar-refractivity contribution in [3.8, 4) is 0 Å². The van der Waals surface area contributed by atoms with Crippen molar-refractivity contribution in [2.24, 2.45) is 0 Å². The number of Topliss-reactive ketones (excluding diaryl/α,β-unsaturated/α-hetero) is 1. The minimum atomic E-state index is -1.38. The number of nitrogens with one attached hydrogen (secondary N) is 2. The molecule has 12 heteroatoms. The van der Waals surface area contributed by atoms with Gasteiger partial charge in [0.1, 0.15) is 18.9 Å². The third kappa shape index (κ3) is 6.66. The van der Waals surface area contributed by atoms with E-state index in [1.807, 2.05) is 0 Å². The zero-order chi connectivity index (χ0) is 27.8. The molecule has 3 N–H and O–H groups in total. The monoisotopic (exact) mass is 522 g/mol. The number of ketones is 1. The number of fused-ring (bicyclic) bond motifs is 1. The van der Waals surface area contributed by atoms with Crippen molar-refractivity contribution in [1.29, 1.82) is 0 Å². The molecule has 0 spiro atoms. The minimum Gasteiger partial charge on any atom is -0.481 e. The van der Waals surface area contributed by atoms with E-state index in [-0.39, 0.29) is 30.6 Å². The highest BCUT2D eigenvalue weighted by Crippen LogP contribution is 2.32. The molecule has 12 nitrogen and oxygen atoms in total. The van der Waals surface area contributed by atoms with Gasteiger partial charge in [-0.05, 0) is 18.6 Å². The predicted molar refractivity (Wildman–Crippen MR) is 134 cm³/mol. The molecule has 38 heavy (non-hydrogen) atoms. The third-order valence-electron chi connectivity index (χ3n) is 5.80. The maximum atomic E-state index is 13.6. The maximum Gasteiger partial charge on any atom is 0.303 e. The van der Waals surface area contributed by atoms with Crippen LogP contribution < -0.4 is 20.4 Å². The summed E-state index contributed by atoms with van der Waals surface area (Å²) in [6.45, 7) is 0.374. The number of hydrogen-bond donors (Lipinski definition) is 3. The number of nitrogens with zero attached hydrogens (tertiary/aromatic N) is 2. The number of carboxylic acids is 1. The second-order valence-corrected chi connectivity index (χ2v) is 8.51. The van der Waals surface area contributed by atoms with Crippen molar-refractivity contribution >= 4 is 53.0 Å². The van der Waals surface area contributed by atoms with Crippen LogP contribution in [0.3, 0.4) is 0 Å². The van der Waals surface area contributed by atoms with Crippen LogP contribution in [0.2, 0.25) is 0 Å². The summed E-state index contributed by atoms with van der Waals surface area (Å²) in [7, 11) is 0. The van der Waals surface area contributed by atoms with Crippen molar-refractivity contribution in [3.63, 3.8) is 0 Å². The summed E-state index contributed by atoms with van der Waals surface area (Å²) in [5.41, 5.74) is 0.600. The van der Waals surface area contributed by atoms with Crippen molar-refractivity contribution in [3.05, 3.63) is 60.2 Å². The Kier molecular flexibility index (Phi) is 9.04. The predicted octanol–water partition coefficient (Wildman–Crippen LogP) is 0.302. The van der Waals surface area contributed by atoms with Gasteiger partial charge in [0.05, 0.1) is 24.0 Å². The molecule has 0 aliphatic carbocycles. The first-order valence-corrected chi connectivity index (χ1v) is 11.7. The zero-order valence-corrected chi connectivity index (χ0v) is 20.5. The molecule has 0 radical (unpaired) electrons. The van der Waals surface area contributed by atoms with Gasteiger partial charge in [-0.1, -0.05) is 42.5 Å². The lowest BCUT2D eigenvalue weighted by molar-refractivity contribution is -0.137. The third-order valence-corrected chi connectivity index (χ3v) is 5.80. The van der Waals surface area contributed by atoms with E-state index < -0.39 is 54.0 Å². The smallest absolute Gasteiger partial charge is 0.303 e. The highest BCUT2D eigenvalue weighted by atomic mass is 16.4. The largest absolute Gasteiger partial charge is 0.481 e. The van der Waals surface area contributed by atoms with Gasteiger partial charge in [0.2, 0.25) is 17.6 Å². The van der Waals surface area contributed by atoms with Crippen LogP contribution in [0.4, 0.5) is 11.4 Å². The molecular formula is C26H26N4O8. The molecule has 0 unspecified atom stereocenters. The fourth-order valence-electron chi connectivity index (χ4n) is 3.95. The van der Waals surface area contributed by atoms with Gasteiger partial charge in [-0.15, -0.1) is 0 Å². The lowest BCUT2D eigenvalue weighted by Gasteiger charge is -2.25. The van der Waals surface area contributed by atoms with Gasteiger partial charge in [-0.3, -0.25) is 33.7 Å². The maximum absolute atomic E-state index is 13.6. The van der Waals surface area contributed by atoms with Crippen molar-refractivity contribution in [1.82, 2.24) is 10.6 Å². The Balaban J connectivity index is 1.89. The van der Waals surface area contributed by atoms with Crippen LogP contribution >= 0.6 is 0 Å². The quantitative estimate of drug-likeness (QED) is 0.227. The first kappa shape index (κ1) is 27.7. The summed E-state index contributed by atoms with van der Waals surface area (Å²) in [5, 5.41) is 13.6. The molecular weight excluding hydrogens is 496 g/mol. The summed E-state index contributed by atoms with van der Waals surface area (Å²) < 4.78 is 0. The number of benzene rings is 2.